The van der Waals surface area contributed by atoms with Gasteiger partial charge in [0.1, 0.15) is 12.1 Å². The lowest BCUT2D eigenvalue weighted by Crippen LogP contribution is -2.43. The standard InChI is InChI=1S/C13H11F3N6O4S/c1-27(25,26)20-22-11(23)6-2-9(21-4-10(17)18-5-21)7(13(14,15)16)3-8(6)19-12(22)24/h2-5,20H,17H2,1H3,(H,19,24). The van der Waals surface area contributed by atoms with E-state index in [1.807, 2.05) is 4.98 Å². The molecule has 2 aromatic heterocycles. The van der Waals surface area contributed by atoms with Gasteiger partial charge in [-0.1, -0.05) is 0 Å². The highest BCUT2D eigenvalue weighted by Gasteiger charge is 2.35. The molecule has 27 heavy (non-hydrogen) atoms. The first kappa shape index (κ1) is 18.5. The molecular weight excluding hydrogens is 393 g/mol. The Balaban J connectivity index is 2.40. The van der Waals surface area contributed by atoms with Gasteiger partial charge in [0.15, 0.2) is 0 Å². The predicted molar refractivity (Wildman–Crippen MR) is 89.6 cm³/mol. The molecule has 2 heterocycles. The Kier molecular flexibility index (Phi) is 4.02. The summed E-state index contributed by atoms with van der Waals surface area (Å²) in [6, 6.07) is 1.44. The number of aromatic amines is 1. The fourth-order valence-electron chi connectivity index (χ4n) is 2.41. The molecule has 14 heteroatoms. The molecule has 0 aliphatic heterocycles. The zero-order valence-corrected chi connectivity index (χ0v) is 14.2. The van der Waals surface area contributed by atoms with Crippen molar-refractivity contribution in [3.05, 3.63) is 51.1 Å². The first-order valence-corrected chi connectivity index (χ1v) is 8.94. The van der Waals surface area contributed by atoms with Crippen LogP contribution in [0.15, 0.2) is 34.2 Å². The average Bonchev–Trinajstić information content (AvgIpc) is 2.95. The van der Waals surface area contributed by atoms with Gasteiger partial charge >= 0.3 is 11.9 Å². The molecule has 1 aromatic carbocycles. The van der Waals surface area contributed by atoms with Crippen molar-refractivity contribution in [3.63, 3.8) is 0 Å². The number of alkyl halides is 3. The van der Waals surface area contributed by atoms with Crippen molar-refractivity contribution in [2.45, 2.75) is 6.18 Å². The topological polar surface area (TPSA) is 145 Å². The van der Waals surface area contributed by atoms with Crippen molar-refractivity contribution >= 4 is 26.7 Å². The van der Waals surface area contributed by atoms with Crippen LogP contribution in [0.2, 0.25) is 0 Å². The summed E-state index contributed by atoms with van der Waals surface area (Å²) in [5, 5.41) is -0.360. The van der Waals surface area contributed by atoms with Gasteiger partial charge in [0.2, 0.25) is 10.0 Å². The van der Waals surface area contributed by atoms with E-state index in [0.29, 0.717) is 12.3 Å². The van der Waals surface area contributed by atoms with Gasteiger partial charge in [-0.3, -0.25) is 4.79 Å². The minimum absolute atomic E-state index is 0.0548. The number of nitrogens with two attached hydrogens (primary N) is 1. The van der Waals surface area contributed by atoms with Gasteiger partial charge in [0, 0.05) is 0 Å². The highest BCUT2D eigenvalue weighted by Crippen LogP contribution is 2.35. The van der Waals surface area contributed by atoms with Crippen LogP contribution in [0.4, 0.5) is 19.0 Å². The van der Waals surface area contributed by atoms with Crippen LogP contribution in [0.5, 0.6) is 0 Å². The second-order valence-electron chi connectivity index (χ2n) is 5.55. The summed E-state index contributed by atoms with van der Waals surface area (Å²) >= 11 is 0. The number of hydrogen-bond acceptors (Lipinski definition) is 6. The molecule has 0 bridgehead atoms. The van der Waals surface area contributed by atoms with Crippen LogP contribution < -0.4 is 21.8 Å². The molecule has 4 N–H and O–H groups in total. The number of anilines is 1. The summed E-state index contributed by atoms with van der Waals surface area (Å²) in [7, 11) is -4.00. The van der Waals surface area contributed by atoms with Crippen LogP contribution in [0.25, 0.3) is 16.6 Å². The third-order valence-corrected chi connectivity index (χ3v) is 3.97. The Morgan fingerprint density at radius 2 is 1.93 bits per heavy atom. The zero-order chi connectivity index (χ0) is 20.1. The molecule has 0 saturated carbocycles. The zero-order valence-electron chi connectivity index (χ0n) is 13.4. The summed E-state index contributed by atoms with van der Waals surface area (Å²) < 4.78 is 64.1. The van der Waals surface area contributed by atoms with Crippen LogP contribution in [0.1, 0.15) is 5.56 Å². The number of imidazole rings is 1. The van der Waals surface area contributed by atoms with Crippen LogP contribution in [-0.4, -0.2) is 33.9 Å². The number of halogens is 3. The Morgan fingerprint density at radius 3 is 2.44 bits per heavy atom. The Morgan fingerprint density at radius 1 is 1.26 bits per heavy atom. The fourth-order valence-corrected chi connectivity index (χ4v) is 2.91. The SMILES string of the molecule is CS(=O)(=O)Nn1c(=O)[nH]c2cc(C(F)(F)F)c(-n3cnc(N)c3)cc2c1=O. The smallest absolute Gasteiger partial charge is 0.382 e. The molecule has 0 unspecified atom stereocenters. The monoisotopic (exact) mass is 404 g/mol. The van der Waals surface area contributed by atoms with Crippen molar-refractivity contribution in [1.29, 1.82) is 0 Å². The largest absolute Gasteiger partial charge is 0.418 e. The molecule has 0 aliphatic carbocycles. The molecule has 0 radical (unpaired) electrons. The minimum atomic E-state index is -4.82. The molecule has 0 amide bonds. The van der Waals surface area contributed by atoms with E-state index in [1.54, 1.807) is 4.83 Å². The number of fused-ring (bicyclic) bond motifs is 1. The van der Waals surface area contributed by atoms with Crippen molar-refractivity contribution in [2.24, 2.45) is 0 Å². The van der Waals surface area contributed by atoms with Gasteiger partial charge in [-0.05, 0) is 12.1 Å². The number of benzene rings is 1. The first-order chi connectivity index (χ1) is 12.4. The first-order valence-electron chi connectivity index (χ1n) is 7.05. The van der Waals surface area contributed by atoms with Crippen molar-refractivity contribution < 1.29 is 21.6 Å². The van der Waals surface area contributed by atoms with Crippen molar-refractivity contribution in [1.82, 2.24) is 19.2 Å². The number of rotatable bonds is 3. The average molecular weight is 404 g/mol. The van der Waals surface area contributed by atoms with Gasteiger partial charge in [0.25, 0.3) is 5.56 Å². The number of nitrogens with one attached hydrogen (secondary N) is 2. The summed E-state index contributed by atoms with van der Waals surface area (Å²) in [6.07, 6.45) is -1.99. The highest BCUT2D eigenvalue weighted by atomic mass is 32.2. The molecule has 3 aromatic rings. The molecular formula is C13H11F3N6O4S. The molecule has 10 nitrogen and oxygen atoms in total. The quantitative estimate of drug-likeness (QED) is 0.559. The number of hydrogen-bond donors (Lipinski definition) is 3. The minimum Gasteiger partial charge on any atom is -0.382 e. The van der Waals surface area contributed by atoms with Crippen LogP contribution >= 0.6 is 0 Å². The Bertz CT molecular complexity index is 1270. The number of sulfonamides is 1. The van der Waals surface area contributed by atoms with E-state index in [-0.39, 0.29) is 15.9 Å². The Labute approximate surface area is 148 Å². The maximum absolute atomic E-state index is 13.4. The third-order valence-electron chi connectivity index (χ3n) is 3.46. The predicted octanol–water partition coefficient (Wildman–Crippen LogP) is -0.0204. The maximum Gasteiger partial charge on any atom is 0.418 e. The second kappa shape index (κ2) is 5.87. The number of nitrogens with zero attached hydrogens (tertiary/aromatic N) is 3. The third kappa shape index (κ3) is 3.51. The van der Waals surface area contributed by atoms with E-state index in [0.717, 1.165) is 23.2 Å². The summed E-state index contributed by atoms with van der Waals surface area (Å²) in [4.78, 5) is 31.8. The van der Waals surface area contributed by atoms with E-state index in [1.165, 1.54) is 0 Å². The number of H-pyrrole nitrogens is 1. The normalized spacial score (nSPS) is 12.4. The summed E-state index contributed by atoms with van der Waals surface area (Å²) in [5.41, 5.74) is 0.983. The van der Waals surface area contributed by atoms with Gasteiger partial charge in [-0.2, -0.15) is 17.8 Å². The van der Waals surface area contributed by atoms with Crippen LogP contribution in [0.3, 0.4) is 0 Å². The summed E-state index contributed by atoms with van der Waals surface area (Å²) in [6.45, 7) is 0. The lowest BCUT2D eigenvalue weighted by Gasteiger charge is -2.15. The number of nitrogen functional groups attached to an aromatic ring is 1. The lowest BCUT2D eigenvalue weighted by molar-refractivity contribution is -0.137. The van der Waals surface area contributed by atoms with Gasteiger partial charge < -0.3 is 15.3 Å². The van der Waals surface area contributed by atoms with Gasteiger partial charge in [-0.15, -0.1) is 0 Å². The number of aromatic nitrogens is 4. The molecule has 3 rings (SSSR count). The molecule has 0 fully saturated rings. The van der Waals surface area contributed by atoms with Crippen LogP contribution in [-0.2, 0) is 16.2 Å². The van der Waals surface area contributed by atoms with Gasteiger partial charge in [0.05, 0.1) is 34.6 Å². The van der Waals surface area contributed by atoms with Crippen molar-refractivity contribution in [2.75, 3.05) is 16.8 Å². The summed E-state index contributed by atoms with van der Waals surface area (Å²) in [5.74, 6) is -0.0548. The molecule has 0 aliphatic rings. The second-order valence-corrected chi connectivity index (χ2v) is 7.28. The van der Waals surface area contributed by atoms with Gasteiger partial charge in [-0.25, -0.2) is 23.0 Å². The maximum atomic E-state index is 13.4. The van der Waals surface area contributed by atoms with E-state index >= 15 is 0 Å². The van der Waals surface area contributed by atoms with E-state index in [9.17, 15) is 31.2 Å². The van der Waals surface area contributed by atoms with Crippen molar-refractivity contribution in [3.8, 4) is 5.69 Å². The van der Waals surface area contributed by atoms with E-state index in [4.69, 9.17) is 5.73 Å². The molecule has 0 spiro atoms. The van der Waals surface area contributed by atoms with E-state index < -0.39 is 44.2 Å². The highest BCUT2D eigenvalue weighted by molar-refractivity contribution is 7.91. The van der Waals surface area contributed by atoms with E-state index in [2.05, 4.69) is 4.98 Å². The molecule has 144 valence electrons. The lowest BCUT2D eigenvalue weighted by atomic mass is 10.1. The molecule has 0 saturated heterocycles. The van der Waals surface area contributed by atoms with Crippen LogP contribution in [0, 0.1) is 0 Å². The Hall–Kier alpha value is -3.29. The molecule has 0 atom stereocenters. The fraction of sp³-hybridized carbons (Fsp3) is 0.154.